The molecule has 0 unspecified atom stereocenters. The van der Waals surface area contributed by atoms with E-state index in [0.717, 1.165) is 11.1 Å². The number of amides is 1. The standard InChI is InChI=1S/C27H25NO4/c29-27(28-15-7-9-19-8-1-2-10-20(19)26-30-16-17-31-26)32-18-25-23-13-5-3-11-21(23)22-12-4-6-14-24(22)25/h1-14,25-26H,15-18H2,(H,28,29). The SMILES string of the molecule is O=C(NCC=Cc1ccccc1C1OCCO1)OCC1c2ccccc2-c2ccccc21. The molecule has 3 aromatic rings. The third kappa shape index (κ3) is 4.17. The number of rotatable bonds is 6. The van der Waals surface area contributed by atoms with Crippen LogP contribution in [0.3, 0.4) is 0 Å². The lowest BCUT2D eigenvalue weighted by Gasteiger charge is -2.14. The average molecular weight is 428 g/mol. The molecule has 0 radical (unpaired) electrons. The van der Waals surface area contributed by atoms with Gasteiger partial charge >= 0.3 is 6.09 Å². The second kappa shape index (κ2) is 9.39. The summed E-state index contributed by atoms with van der Waals surface area (Å²) in [4.78, 5) is 12.3. The van der Waals surface area contributed by atoms with Gasteiger partial charge in [-0.3, -0.25) is 0 Å². The molecule has 5 nitrogen and oxygen atoms in total. The molecule has 1 heterocycles. The average Bonchev–Trinajstić information content (AvgIpc) is 3.48. The van der Waals surface area contributed by atoms with Crippen molar-refractivity contribution in [2.75, 3.05) is 26.4 Å². The smallest absolute Gasteiger partial charge is 0.407 e. The topological polar surface area (TPSA) is 56.8 Å². The summed E-state index contributed by atoms with van der Waals surface area (Å²) in [7, 11) is 0. The molecule has 0 spiro atoms. The van der Waals surface area contributed by atoms with E-state index in [-0.39, 0.29) is 12.2 Å². The van der Waals surface area contributed by atoms with Gasteiger partial charge in [-0.1, -0.05) is 84.9 Å². The normalized spacial score (nSPS) is 15.6. The van der Waals surface area contributed by atoms with Crippen LogP contribution in [0.4, 0.5) is 4.79 Å². The zero-order valence-electron chi connectivity index (χ0n) is 17.7. The van der Waals surface area contributed by atoms with Gasteiger partial charge in [0.05, 0.1) is 13.2 Å². The minimum absolute atomic E-state index is 0.0574. The Hall–Kier alpha value is -3.41. The number of hydrogen-bond donors (Lipinski definition) is 1. The predicted molar refractivity (Wildman–Crippen MR) is 123 cm³/mol. The molecule has 1 amide bonds. The van der Waals surface area contributed by atoms with E-state index in [2.05, 4.69) is 29.6 Å². The summed E-state index contributed by atoms with van der Waals surface area (Å²) in [5.41, 5.74) is 6.84. The maximum absolute atomic E-state index is 12.3. The Labute approximate surface area is 187 Å². The van der Waals surface area contributed by atoms with Crippen LogP contribution in [0.15, 0.2) is 78.9 Å². The van der Waals surface area contributed by atoms with Crippen LogP contribution >= 0.6 is 0 Å². The molecular formula is C27H25NO4. The molecule has 1 aliphatic carbocycles. The number of carbonyl (C=O) groups excluding carboxylic acids is 1. The van der Waals surface area contributed by atoms with E-state index in [1.165, 1.54) is 22.3 Å². The van der Waals surface area contributed by atoms with Crippen LogP contribution < -0.4 is 5.32 Å². The molecule has 0 saturated carbocycles. The van der Waals surface area contributed by atoms with Crippen molar-refractivity contribution in [3.8, 4) is 11.1 Å². The van der Waals surface area contributed by atoms with Gasteiger partial charge in [0, 0.05) is 18.0 Å². The fourth-order valence-corrected chi connectivity index (χ4v) is 4.39. The molecule has 3 aromatic carbocycles. The van der Waals surface area contributed by atoms with Gasteiger partial charge in [0.15, 0.2) is 6.29 Å². The van der Waals surface area contributed by atoms with Crippen molar-refractivity contribution < 1.29 is 19.0 Å². The van der Waals surface area contributed by atoms with Crippen LogP contribution in [0.25, 0.3) is 17.2 Å². The maximum atomic E-state index is 12.3. The van der Waals surface area contributed by atoms with E-state index >= 15 is 0 Å². The number of nitrogens with one attached hydrogen (secondary N) is 1. The Kier molecular flexibility index (Phi) is 6.01. The first-order chi connectivity index (χ1) is 15.8. The molecular weight excluding hydrogens is 402 g/mol. The van der Waals surface area contributed by atoms with Crippen molar-refractivity contribution in [2.24, 2.45) is 0 Å². The minimum Gasteiger partial charge on any atom is -0.449 e. The first-order valence-electron chi connectivity index (χ1n) is 10.9. The van der Waals surface area contributed by atoms with Crippen LogP contribution in [-0.4, -0.2) is 32.5 Å². The second-order valence-electron chi connectivity index (χ2n) is 7.81. The zero-order chi connectivity index (χ0) is 21.8. The summed E-state index contributed by atoms with van der Waals surface area (Å²) in [6, 6.07) is 24.5. The molecule has 5 heteroatoms. The molecule has 0 aromatic heterocycles. The summed E-state index contributed by atoms with van der Waals surface area (Å²) < 4.78 is 16.8. The molecule has 2 aliphatic rings. The number of hydrogen-bond acceptors (Lipinski definition) is 4. The Morgan fingerprint density at radius 3 is 2.16 bits per heavy atom. The van der Waals surface area contributed by atoms with E-state index in [1.54, 1.807) is 0 Å². The lowest BCUT2D eigenvalue weighted by atomic mass is 9.98. The Balaban J connectivity index is 1.17. The van der Waals surface area contributed by atoms with Gasteiger partial charge in [-0.2, -0.15) is 0 Å². The monoisotopic (exact) mass is 427 g/mol. The Bertz CT molecular complexity index is 1090. The van der Waals surface area contributed by atoms with Crippen LogP contribution in [0.2, 0.25) is 0 Å². The van der Waals surface area contributed by atoms with E-state index in [4.69, 9.17) is 14.2 Å². The van der Waals surface area contributed by atoms with Crippen LogP contribution in [0.5, 0.6) is 0 Å². The van der Waals surface area contributed by atoms with Gasteiger partial charge in [0.2, 0.25) is 0 Å². The highest BCUT2D eigenvalue weighted by atomic mass is 16.7. The van der Waals surface area contributed by atoms with E-state index in [0.29, 0.717) is 26.4 Å². The molecule has 1 aliphatic heterocycles. The van der Waals surface area contributed by atoms with Crippen molar-refractivity contribution >= 4 is 12.2 Å². The highest BCUT2D eigenvalue weighted by Crippen LogP contribution is 2.44. The van der Waals surface area contributed by atoms with E-state index in [9.17, 15) is 4.79 Å². The van der Waals surface area contributed by atoms with Crippen molar-refractivity contribution in [3.05, 3.63) is 101 Å². The minimum atomic E-state index is -0.424. The summed E-state index contributed by atoms with van der Waals surface area (Å²) in [5, 5.41) is 2.80. The fourth-order valence-electron chi connectivity index (χ4n) is 4.39. The molecule has 0 atom stereocenters. The Morgan fingerprint density at radius 2 is 1.47 bits per heavy atom. The van der Waals surface area contributed by atoms with Crippen LogP contribution in [0, 0.1) is 0 Å². The zero-order valence-corrected chi connectivity index (χ0v) is 17.7. The maximum Gasteiger partial charge on any atom is 0.407 e. The highest BCUT2D eigenvalue weighted by molar-refractivity contribution is 5.79. The van der Waals surface area contributed by atoms with E-state index < -0.39 is 6.09 Å². The van der Waals surface area contributed by atoms with Gasteiger partial charge in [-0.25, -0.2) is 4.79 Å². The summed E-state index contributed by atoms with van der Waals surface area (Å²) in [6.07, 6.45) is 3.11. The highest BCUT2D eigenvalue weighted by Gasteiger charge is 2.28. The summed E-state index contributed by atoms with van der Waals surface area (Å²) >= 11 is 0. The summed E-state index contributed by atoms with van der Waals surface area (Å²) in [5.74, 6) is 0.0574. The van der Waals surface area contributed by atoms with Crippen molar-refractivity contribution in [1.82, 2.24) is 5.32 Å². The van der Waals surface area contributed by atoms with Crippen LogP contribution in [-0.2, 0) is 14.2 Å². The molecule has 162 valence electrons. The fraction of sp³-hybridized carbons (Fsp3) is 0.222. The summed E-state index contributed by atoms with van der Waals surface area (Å²) in [6.45, 7) is 1.89. The van der Waals surface area contributed by atoms with Gasteiger partial charge in [-0.15, -0.1) is 0 Å². The number of ether oxygens (including phenoxy) is 3. The van der Waals surface area contributed by atoms with Gasteiger partial charge in [-0.05, 0) is 27.8 Å². The quantitative estimate of drug-likeness (QED) is 0.581. The number of alkyl carbamates (subject to hydrolysis) is 1. The molecule has 32 heavy (non-hydrogen) atoms. The number of fused-ring (bicyclic) bond motifs is 3. The third-order valence-electron chi connectivity index (χ3n) is 5.88. The largest absolute Gasteiger partial charge is 0.449 e. The van der Waals surface area contributed by atoms with Gasteiger partial charge in [0.1, 0.15) is 6.61 Å². The molecule has 1 N–H and O–H groups in total. The van der Waals surface area contributed by atoms with Crippen LogP contribution in [0.1, 0.15) is 34.5 Å². The molecule has 1 saturated heterocycles. The molecule has 0 bridgehead atoms. The predicted octanol–water partition coefficient (Wildman–Crippen LogP) is 5.28. The number of benzene rings is 3. The van der Waals surface area contributed by atoms with Gasteiger partial charge < -0.3 is 19.5 Å². The lowest BCUT2D eigenvalue weighted by Crippen LogP contribution is -2.26. The first kappa shape index (κ1) is 20.5. The number of carbonyl (C=O) groups is 1. The van der Waals surface area contributed by atoms with E-state index in [1.807, 2.05) is 60.7 Å². The molecule has 5 rings (SSSR count). The van der Waals surface area contributed by atoms with Crippen molar-refractivity contribution in [2.45, 2.75) is 12.2 Å². The second-order valence-corrected chi connectivity index (χ2v) is 7.81. The Morgan fingerprint density at radius 1 is 0.875 bits per heavy atom. The van der Waals surface area contributed by atoms with Crippen molar-refractivity contribution in [3.63, 3.8) is 0 Å². The van der Waals surface area contributed by atoms with Gasteiger partial charge in [0.25, 0.3) is 0 Å². The third-order valence-corrected chi connectivity index (χ3v) is 5.88. The van der Waals surface area contributed by atoms with Crippen molar-refractivity contribution in [1.29, 1.82) is 0 Å². The first-order valence-corrected chi connectivity index (χ1v) is 10.9. The molecule has 1 fully saturated rings. The lowest BCUT2D eigenvalue weighted by molar-refractivity contribution is -0.0442.